The molecule has 0 spiro atoms. The maximum absolute atomic E-state index is 11.9. The van der Waals surface area contributed by atoms with Gasteiger partial charge in [-0.1, -0.05) is 0 Å². The van der Waals surface area contributed by atoms with Crippen molar-refractivity contribution in [2.45, 2.75) is 13.5 Å². The molecular weight excluding hydrogens is 248 g/mol. The second-order valence-corrected chi connectivity index (χ2v) is 4.90. The largest absolute Gasteiger partial charge is 0.399 e. The number of amides is 1. The lowest BCUT2D eigenvalue weighted by Crippen LogP contribution is -2.23. The predicted octanol–water partition coefficient (Wildman–Crippen LogP) is 1.55. The van der Waals surface area contributed by atoms with Crippen molar-refractivity contribution in [2.75, 3.05) is 11.5 Å². The van der Waals surface area contributed by atoms with Crippen molar-refractivity contribution in [2.24, 2.45) is 0 Å². The summed E-state index contributed by atoms with van der Waals surface area (Å²) in [5.74, 6) is -0.207. The number of hydrogen-bond acceptors (Lipinski definition) is 5. The second kappa shape index (κ2) is 5.05. The smallest absolute Gasteiger partial charge is 0.251 e. The van der Waals surface area contributed by atoms with Crippen molar-refractivity contribution in [1.29, 1.82) is 0 Å². The number of carbonyl (C=O) groups excluding carboxylic acids is 1. The van der Waals surface area contributed by atoms with Gasteiger partial charge in [0.2, 0.25) is 0 Å². The summed E-state index contributed by atoms with van der Waals surface area (Å²) < 4.78 is 0. The molecule has 0 aliphatic carbocycles. The summed E-state index contributed by atoms with van der Waals surface area (Å²) in [4.78, 5) is 16.1. The first kappa shape index (κ1) is 12.4. The van der Waals surface area contributed by atoms with Crippen LogP contribution in [0.3, 0.4) is 0 Å². The summed E-state index contributed by atoms with van der Waals surface area (Å²) in [5, 5.41) is 5.60. The van der Waals surface area contributed by atoms with Crippen LogP contribution in [0, 0.1) is 6.92 Å². The summed E-state index contributed by atoms with van der Waals surface area (Å²) in [6.07, 6.45) is 0. The quantitative estimate of drug-likeness (QED) is 0.731. The molecule has 0 aliphatic rings. The van der Waals surface area contributed by atoms with Crippen molar-refractivity contribution in [3.63, 3.8) is 0 Å². The number of nitrogens with zero attached hydrogens (tertiary/aromatic N) is 1. The molecule has 0 atom stereocenters. The van der Waals surface area contributed by atoms with Gasteiger partial charge in [0, 0.05) is 28.0 Å². The van der Waals surface area contributed by atoms with E-state index in [4.69, 9.17) is 11.5 Å². The number of anilines is 2. The molecule has 1 aromatic carbocycles. The summed E-state index contributed by atoms with van der Waals surface area (Å²) in [7, 11) is 0. The third kappa shape index (κ3) is 2.98. The van der Waals surface area contributed by atoms with Gasteiger partial charge in [0.1, 0.15) is 5.01 Å². The topological polar surface area (TPSA) is 94.0 Å². The summed E-state index contributed by atoms with van der Waals surface area (Å²) in [5.41, 5.74) is 13.6. The monoisotopic (exact) mass is 262 g/mol. The second-order valence-electron chi connectivity index (χ2n) is 3.95. The Bertz CT molecular complexity index is 559. The standard InChI is InChI=1S/C12H14N4OS/c1-7-6-18-11(16-7)5-15-12(17)8-2-9(13)4-10(14)3-8/h2-4,6H,5,13-14H2,1H3,(H,15,17). The Hall–Kier alpha value is -2.08. The Morgan fingerprint density at radius 2 is 2.00 bits per heavy atom. The number of thiazole rings is 1. The highest BCUT2D eigenvalue weighted by Crippen LogP contribution is 2.14. The van der Waals surface area contributed by atoms with Crippen LogP contribution in [0.1, 0.15) is 21.1 Å². The van der Waals surface area contributed by atoms with E-state index in [1.165, 1.54) is 11.3 Å². The van der Waals surface area contributed by atoms with Crippen molar-refractivity contribution in [3.05, 3.63) is 39.8 Å². The van der Waals surface area contributed by atoms with E-state index in [-0.39, 0.29) is 5.91 Å². The Morgan fingerprint density at radius 1 is 1.33 bits per heavy atom. The first-order valence-electron chi connectivity index (χ1n) is 5.40. The number of carbonyl (C=O) groups is 1. The SMILES string of the molecule is Cc1csc(CNC(=O)c2cc(N)cc(N)c2)n1. The molecule has 0 saturated heterocycles. The number of nitrogens with two attached hydrogens (primary N) is 2. The molecule has 1 amide bonds. The van der Waals surface area contributed by atoms with Gasteiger partial charge in [0.25, 0.3) is 5.91 Å². The van der Waals surface area contributed by atoms with Crippen LogP contribution in [0.25, 0.3) is 0 Å². The Balaban J connectivity index is 2.03. The van der Waals surface area contributed by atoms with Crippen LogP contribution in [-0.2, 0) is 6.54 Å². The van der Waals surface area contributed by atoms with Crippen LogP contribution >= 0.6 is 11.3 Å². The van der Waals surface area contributed by atoms with Gasteiger partial charge in [0.05, 0.1) is 6.54 Å². The van der Waals surface area contributed by atoms with Gasteiger partial charge in [-0.2, -0.15) is 0 Å². The Kier molecular flexibility index (Phi) is 3.47. The summed E-state index contributed by atoms with van der Waals surface area (Å²) in [6.45, 7) is 2.33. The van der Waals surface area contributed by atoms with E-state index in [1.54, 1.807) is 18.2 Å². The fraction of sp³-hybridized carbons (Fsp3) is 0.167. The van der Waals surface area contributed by atoms with Crippen LogP contribution in [0.15, 0.2) is 23.6 Å². The minimum Gasteiger partial charge on any atom is -0.399 e. The average Bonchev–Trinajstić information content (AvgIpc) is 2.70. The lowest BCUT2D eigenvalue weighted by molar-refractivity contribution is 0.0951. The van der Waals surface area contributed by atoms with Crippen LogP contribution < -0.4 is 16.8 Å². The van der Waals surface area contributed by atoms with Crippen LogP contribution in [0.5, 0.6) is 0 Å². The summed E-state index contributed by atoms with van der Waals surface area (Å²) >= 11 is 1.52. The molecule has 1 heterocycles. The number of rotatable bonds is 3. The lowest BCUT2D eigenvalue weighted by Gasteiger charge is -2.05. The molecule has 0 fully saturated rings. The molecule has 5 nitrogen and oxygen atoms in total. The number of benzene rings is 1. The number of aromatic nitrogens is 1. The van der Waals surface area contributed by atoms with Crippen LogP contribution in [0.2, 0.25) is 0 Å². The maximum Gasteiger partial charge on any atom is 0.251 e. The molecule has 0 bridgehead atoms. The molecule has 6 heteroatoms. The molecule has 94 valence electrons. The Morgan fingerprint density at radius 3 is 2.56 bits per heavy atom. The highest BCUT2D eigenvalue weighted by Gasteiger charge is 2.08. The molecule has 1 aromatic heterocycles. The number of aryl methyl sites for hydroxylation is 1. The minimum atomic E-state index is -0.207. The van der Waals surface area contributed by atoms with Crippen LogP contribution in [-0.4, -0.2) is 10.9 Å². The van der Waals surface area contributed by atoms with Gasteiger partial charge in [-0.25, -0.2) is 4.98 Å². The number of nitrogens with one attached hydrogen (secondary N) is 1. The first-order valence-corrected chi connectivity index (χ1v) is 6.28. The van der Waals surface area contributed by atoms with Gasteiger partial charge < -0.3 is 16.8 Å². The highest BCUT2D eigenvalue weighted by molar-refractivity contribution is 7.09. The van der Waals surface area contributed by atoms with Gasteiger partial charge in [0.15, 0.2) is 0 Å². The average molecular weight is 262 g/mol. The van der Waals surface area contributed by atoms with E-state index in [9.17, 15) is 4.79 Å². The molecule has 2 aromatic rings. The van der Waals surface area contributed by atoms with E-state index >= 15 is 0 Å². The zero-order valence-electron chi connectivity index (χ0n) is 9.93. The first-order chi connectivity index (χ1) is 8.54. The molecular formula is C12H14N4OS. The van der Waals surface area contributed by atoms with Gasteiger partial charge >= 0.3 is 0 Å². The van der Waals surface area contributed by atoms with E-state index in [1.807, 2.05) is 12.3 Å². The highest BCUT2D eigenvalue weighted by atomic mass is 32.1. The van der Waals surface area contributed by atoms with Gasteiger partial charge in [-0.15, -0.1) is 11.3 Å². The maximum atomic E-state index is 11.9. The molecule has 0 radical (unpaired) electrons. The van der Waals surface area contributed by atoms with Crippen molar-refractivity contribution >= 4 is 28.6 Å². The third-order valence-electron chi connectivity index (χ3n) is 2.31. The van der Waals surface area contributed by atoms with Gasteiger partial charge in [-0.05, 0) is 25.1 Å². The van der Waals surface area contributed by atoms with E-state index in [2.05, 4.69) is 10.3 Å². The molecule has 0 saturated carbocycles. The number of hydrogen-bond donors (Lipinski definition) is 3. The van der Waals surface area contributed by atoms with E-state index < -0.39 is 0 Å². The van der Waals surface area contributed by atoms with E-state index in [0.717, 1.165) is 10.7 Å². The van der Waals surface area contributed by atoms with Crippen molar-refractivity contribution < 1.29 is 4.79 Å². The predicted molar refractivity (Wildman–Crippen MR) is 73.3 cm³/mol. The fourth-order valence-corrected chi connectivity index (χ4v) is 2.26. The van der Waals surface area contributed by atoms with Gasteiger partial charge in [-0.3, -0.25) is 4.79 Å². The van der Waals surface area contributed by atoms with Crippen molar-refractivity contribution in [3.8, 4) is 0 Å². The molecule has 2 rings (SSSR count). The minimum absolute atomic E-state index is 0.207. The zero-order valence-corrected chi connectivity index (χ0v) is 10.8. The molecule has 18 heavy (non-hydrogen) atoms. The molecule has 5 N–H and O–H groups in total. The number of nitrogen functional groups attached to an aromatic ring is 2. The summed E-state index contributed by atoms with van der Waals surface area (Å²) in [6, 6.07) is 4.80. The van der Waals surface area contributed by atoms with E-state index in [0.29, 0.717) is 23.5 Å². The lowest BCUT2D eigenvalue weighted by atomic mass is 10.1. The van der Waals surface area contributed by atoms with Crippen LogP contribution in [0.4, 0.5) is 11.4 Å². The molecule has 0 aliphatic heterocycles. The molecule has 0 unspecified atom stereocenters. The zero-order chi connectivity index (χ0) is 13.1. The fourth-order valence-electron chi connectivity index (χ4n) is 1.55. The third-order valence-corrected chi connectivity index (χ3v) is 3.27. The normalized spacial score (nSPS) is 10.3. The van der Waals surface area contributed by atoms with Crippen molar-refractivity contribution in [1.82, 2.24) is 10.3 Å². The Labute approximate surface area is 109 Å².